The van der Waals surface area contributed by atoms with Crippen molar-refractivity contribution >= 4 is 15.9 Å². The van der Waals surface area contributed by atoms with Gasteiger partial charge in [-0.25, -0.2) is 9.37 Å². The van der Waals surface area contributed by atoms with Crippen molar-refractivity contribution in [2.75, 3.05) is 13.1 Å². The normalized spacial score (nSPS) is 10.9. The number of halogens is 2. The smallest absolute Gasteiger partial charge is 0.194 e. The van der Waals surface area contributed by atoms with Gasteiger partial charge >= 0.3 is 0 Å². The van der Waals surface area contributed by atoms with Gasteiger partial charge in [0, 0.05) is 6.42 Å². The molecule has 0 fully saturated rings. The second-order valence-electron chi connectivity index (χ2n) is 4.18. The van der Waals surface area contributed by atoms with Gasteiger partial charge in [-0.15, -0.1) is 0 Å². The monoisotopic (exact) mass is 326 g/mol. The van der Waals surface area contributed by atoms with Crippen LogP contribution in [0.3, 0.4) is 0 Å². The van der Waals surface area contributed by atoms with Gasteiger partial charge in [-0.2, -0.15) is 0 Å². The molecule has 1 heterocycles. The number of aryl methyl sites for hydroxylation is 1. The molecule has 2 aromatic rings. The van der Waals surface area contributed by atoms with Gasteiger partial charge in [0.25, 0.3) is 0 Å². The molecule has 102 valence electrons. The van der Waals surface area contributed by atoms with E-state index in [1.165, 1.54) is 0 Å². The Morgan fingerprint density at radius 3 is 3.05 bits per heavy atom. The van der Waals surface area contributed by atoms with Crippen LogP contribution in [0.4, 0.5) is 4.39 Å². The molecule has 0 amide bonds. The van der Waals surface area contributed by atoms with Crippen LogP contribution in [0.2, 0.25) is 0 Å². The fourth-order valence-corrected chi connectivity index (χ4v) is 2.15. The average molecular weight is 327 g/mol. The molecule has 0 radical (unpaired) electrons. The quantitative estimate of drug-likeness (QED) is 0.821. The number of benzene rings is 1. The van der Waals surface area contributed by atoms with Gasteiger partial charge in [0.05, 0.1) is 16.2 Å². The Morgan fingerprint density at radius 1 is 1.42 bits per heavy atom. The Morgan fingerprint density at radius 2 is 2.26 bits per heavy atom. The predicted molar refractivity (Wildman–Crippen MR) is 76.5 cm³/mol. The summed E-state index contributed by atoms with van der Waals surface area (Å²) >= 11 is 3.16. The molecule has 5 heteroatoms. The predicted octanol–water partition coefficient (Wildman–Crippen LogP) is 3.79. The lowest BCUT2D eigenvalue weighted by Gasteiger charge is -2.01. The van der Waals surface area contributed by atoms with Crippen LogP contribution >= 0.6 is 15.9 Å². The maximum atomic E-state index is 13.9. The van der Waals surface area contributed by atoms with Crippen molar-refractivity contribution in [1.29, 1.82) is 0 Å². The summed E-state index contributed by atoms with van der Waals surface area (Å²) in [4.78, 5) is 4.18. The molecule has 0 unspecified atom stereocenters. The van der Waals surface area contributed by atoms with E-state index >= 15 is 0 Å². The molecule has 0 atom stereocenters. The Balaban J connectivity index is 2.06. The lowest BCUT2D eigenvalue weighted by Crippen LogP contribution is -2.14. The molecular formula is C14H16BrFN2O. The molecular weight excluding hydrogens is 311 g/mol. The van der Waals surface area contributed by atoms with Crippen molar-refractivity contribution in [2.45, 2.75) is 19.8 Å². The zero-order valence-electron chi connectivity index (χ0n) is 10.7. The van der Waals surface area contributed by atoms with E-state index in [4.69, 9.17) is 4.42 Å². The number of hydrogen-bond acceptors (Lipinski definition) is 3. The van der Waals surface area contributed by atoms with Crippen molar-refractivity contribution in [1.82, 2.24) is 10.3 Å². The number of nitrogens with one attached hydrogen (secondary N) is 1. The van der Waals surface area contributed by atoms with Gasteiger partial charge in [0.15, 0.2) is 11.7 Å². The summed E-state index contributed by atoms with van der Waals surface area (Å²) in [6.45, 7) is 3.96. The summed E-state index contributed by atoms with van der Waals surface area (Å²) in [5.74, 6) is 0.794. The first kappa shape index (κ1) is 14.2. The van der Waals surface area contributed by atoms with E-state index in [-0.39, 0.29) is 5.82 Å². The molecule has 0 aliphatic heterocycles. The van der Waals surface area contributed by atoms with Gasteiger partial charge in [-0.05, 0) is 47.6 Å². The highest BCUT2D eigenvalue weighted by Crippen LogP contribution is 2.28. The average Bonchev–Trinajstić information content (AvgIpc) is 2.87. The van der Waals surface area contributed by atoms with E-state index in [0.29, 0.717) is 21.7 Å². The van der Waals surface area contributed by atoms with Crippen LogP contribution in [0, 0.1) is 5.82 Å². The van der Waals surface area contributed by atoms with Crippen LogP contribution in [0.5, 0.6) is 0 Å². The zero-order valence-corrected chi connectivity index (χ0v) is 12.3. The van der Waals surface area contributed by atoms with E-state index in [1.807, 2.05) is 0 Å². The molecule has 0 saturated heterocycles. The third-order valence-electron chi connectivity index (χ3n) is 2.76. The number of nitrogens with zero attached hydrogens (tertiary/aromatic N) is 1. The summed E-state index contributed by atoms with van der Waals surface area (Å²) in [5.41, 5.74) is 0.430. The van der Waals surface area contributed by atoms with Crippen LogP contribution in [-0.4, -0.2) is 18.1 Å². The Labute approximate surface area is 120 Å². The van der Waals surface area contributed by atoms with E-state index in [2.05, 4.69) is 33.2 Å². The maximum absolute atomic E-state index is 13.9. The largest absolute Gasteiger partial charge is 0.441 e. The number of oxazole rings is 1. The summed E-state index contributed by atoms with van der Waals surface area (Å²) in [5, 5.41) is 3.24. The van der Waals surface area contributed by atoms with Gasteiger partial charge in [-0.3, -0.25) is 0 Å². The van der Waals surface area contributed by atoms with Gasteiger partial charge in [-0.1, -0.05) is 13.0 Å². The topological polar surface area (TPSA) is 38.1 Å². The zero-order chi connectivity index (χ0) is 13.7. The second-order valence-corrected chi connectivity index (χ2v) is 5.03. The fraction of sp³-hybridized carbons (Fsp3) is 0.357. The van der Waals surface area contributed by atoms with Gasteiger partial charge in [0.2, 0.25) is 0 Å². The standard InChI is InChI=1S/C14H16BrFN2O/c1-2-17-8-4-7-13-18-9-12(19-13)10-5-3-6-11(15)14(10)16/h3,5-6,9,17H,2,4,7-8H2,1H3. The van der Waals surface area contributed by atoms with Crippen LogP contribution in [0.25, 0.3) is 11.3 Å². The van der Waals surface area contributed by atoms with Crippen molar-refractivity contribution in [3.63, 3.8) is 0 Å². The molecule has 0 saturated carbocycles. The Hall–Kier alpha value is -1.20. The summed E-state index contributed by atoms with van der Waals surface area (Å²) in [6, 6.07) is 5.12. The summed E-state index contributed by atoms with van der Waals surface area (Å²) in [6.07, 6.45) is 3.28. The first-order valence-electron chi connectivity index (χ1n) is 6.32. The van der Waals surface area contributed by atoms with Crippen LogP contribution in [0.1, 0.15) is 19.2 Å². The molecule has 3 nitrogen and oxygen atoms in total. The molecule has 0 spiro atoms. The third kappa shape index (κ3) is 3.64. The van der Waals surface area contributed by atoms with E-state index in [1.54, 1.807) is 24.4 Å². The van der Waals surface area contributed by atoms with Gasteiger partial charge in [0.1, 0.15) is 5.82 Å². The number of rotatable bonds is 6. The fourth-order valence-electron chi connectivity index (χ4n) is 1.79. The molecule has 1 aromatic heterocycles. The van der Waals surface area contributed by atoms with Crippen molar-refractivity contribution in [3.05, 3.63) is 40.6 Å². The summed E-state index contributed by atoms with van der Waals surface area (Å²) < 4.78 is 19.9. The number of hydrogen-bond donors (Lipinski definition) is 1. The SMILES string of the molecule is CCNCCCc1ncc(-c2cccc(Br)c2F)o1. The Kier molecular flexibility index (Phi) is 5.10. The lowest BCUT2D eigenvalue weighted by atomic mass is 10.2. The highest BCUT2D eigenvalue weighted by molar-refractivity contribution is 9.10. The van der Waals surface area contributed by atoms with E-state index in [0.717, 1.165) is 25.9 Å². The maximum Gasteiger partial charge on any atom is 0.194 e. The van der Waals surface area contributed by atoms with Crippen molar-refractivity contribution in [2.24, 2.45) is 0 Å². The molecule has 0 aliphatic rings. The van der Waals surface area contributed by atoms with Gasteiger partial charge < -0.3 is 9.73 Å². The molecule has 1 aromatic carbocycles. The minimum absolute atomic E-state index is 0.321. The lowest BCUT2D eigenvalue weighted by molar-refractivity contribution is 0.489. The van der Waals surface area contributed by atoms with Crippen molar-refractivity contribution in [3.8, 4) is 11.3 Å². The molecule has 0 aliphatic carbocycles. The van der Waals surface area contributed by atoms with Crippen LogP contribution in [0.15, 0.2) is 33.3 Å². The number of aromatic nitrogens is 1. The first-order chi connectivity index (χ1) is 9.22. The highest BCUT2D eigenvalue weighted by Gasteiger charge is 2.12. The molecule has 1 N–H and O–H groups in total. The van der Waals surface area contributed by atoms with Crippen LogP contribution < -0.4 is 5.32 Å². The van der Waals surface area contributed by atoms with Crippen molar-refractivity contribution < 1.29 is 8.81 Å². The second kappa shape index (κ2) is 6.82. The third-order valence-corrected chi connectivity index (χ3v) is 3.38. The van der Waals surface area contributed by atoms with E-state index < -0.39 is 0 Å². The van der Waals surface area contributed by atoms with E-state index in [9.17, 15) is 4.39 Å². The molecule has 2 rings (SSSR count). The van der Waals surface area contributed by atoms with Crippen LogP contribution in [-0.2, 0) is 6.42 Å². The first-order valence-corrected chi connectivity index (χ1v) is 7.11. The Bertz CT molecular complexity index is 542. The minimum atomic E-state index is -0.321. The minimum Gasteiger partial charge on any atom is -0.441 e. The highest BCUT2D eigenvalue weighted by atomic mass is 79.9. The molecule has 19 heavy (non-hydrogen) atoms. The summed E-state index contributed by atoms with van der Waals surface area (Å²) in [7, 11) is 0. The molecule has 0 bridgehead atoms.